The van der Waals surface area contributed by atoms with E-state index in [1.807, 2.05) is 36.4 Å². The maximum absolute atomic E-state index is 12.8. The van der Waals surface area contributed by atoms with Crippen molar-refractivity contribution in [2.75, 3.05) is 0 Å². The molecule has 0 saturated heterocycles. The van der Waals surface area contributed by atoms with Gasteiger partial charge in [0.25, 0.3) is 5.56 Å². The molecule has 0 spiro atoms. The number of nitrogens with zero attached hydrogens (tertiary/aromatic N) is 2. The van der Waals surface area contributed by atoms with Crippen LogP contribution in [0.1, 0.15) is 23.6 Å². The quantitative estimate of drug-likeness (QED) is 0.436. The van der Waals surface area contributed by atoms with Crippen LogP contribution in [0.15, 0.2) is 90.0 Å². The first-order chi connectivity index (χ1) is 16.0. The molecule has 4 rings (SSSR count). The van der Waals surface area contributed by atoms with Crippen LogP contribution in [0.4, 0.5) is 8.78 Å². The third-order valence-corrected chi connectivity index (χ3v) is 5.19. The minimum Gasteiger partial charge on any atom is -0.435 e. The van der Waals surface area contributed by atoms with E-state index >= 15 is 0 Å². The van der Waals surface area contributed by atoms with Crippen LogP contribution in [0.25, 0.3) is 10.9 Å². The maximum Gasteiger partial charge on any atom is 0.387 e. The van der Waals surface area contributed by atoms with Crippen LogP contribution in [0.3, 0.4) is 0 Å². The second kappa shape index (κ2) is 10.0. The maximum atomic E-state index is 12.8. The van der Waals surface area contributed by atoms with E-state index in [2.05, 4.69) is 15.0 Å². The van der Waals surface area contributed by atoms with Crippen molar-refractivity contribution < 1.29 is 18.3 Å². The zero-order valence-electron chi connectivity index (χ0n) is 17.5. The predicted molar refractivity (Wildman–Crippen MR) is 120 cm³/mol. The van der Waals surface area contributed by atoms with Gasteiger partial charge in [-0.1, -0.05) is 54.6 Å². The lowest BCUT2D eigenvalue weighted by Gasteiger charge is -2.20. The number of halogens is 2. The van der Waals surface area contributed by atoms with Crippen LogP contribution in [0.5, 0.6) is 5.75 Å². The number of carbonyl (C=O) groups is 1. The van der Waals surface area contributed by atoms with Crippen molar-refractivity contribution in [3.8, 4) is 5.75 Å². The molecule has 1 unspecified atom stereocenters. The number of fused-ring (bicyclic) bond motifs is 1. The number of alkyl halides is 2. The van der Waals surface area contributed by atoms with Gasteiger partial charge in [-0.3, -0.25) is 14.2 Å². The number of para-hydroxylation sites is 1. The average molecular weight is 449 g/mol. The smallest absolute Gasteiger partial charge is 0.387 e. The van der Waals surface area contributed by atoms with Crippen molar-refractivity contribution in [3.63, 3.8) is 0 Å². The molecule has 0 aliphatic carbocycles. The highest BCUT2D eigenvalue weighted by atomic mass is 19.3. The van der Waals surface area contributed by atoms with Crippen molar-refractivity contribution in [1.29, 1.82) is 0 Å². The van der Waals surface area contributed by atoms with Crippen molar-refractivity contribution in [1.82, 2.24) is 14.9 Å². The van der Waals surface area contributed by atoms with Gasteiger partial charge in [-0.25, -0.2) is 4.98 Å². The summed E-state index contributed by atoms with van der Waals surface area (Å²) in [6, 6.07) is 22.0. The molecule has 1 atom stereocenters. The van der Waals surface area contributed by atoms with Crippen molar-refractivity contribution >= 4 is 16.8 Å². The lowest BCUT2D eigenvalue weighted by Crippen LogP contribution is -2.31. The van der Waals surface area contributed by atoms with E-state index in [1.54, 1.807) is 30.3 Å². The van der Waals surface area contributed by atoms with Crippen LogP contribution in [-0.2, 0) is 11.3 Å². The fourth-order valence-corrected chi connectivity index (χ4v) is 3.57. The van der Waals surface area contributed by atoms with Gasteiger partial charge in [-0.05, 0) is 35.4 Å². The van der Waals surface area contributed by atoms with Gasteiger partial charge in [0.05, 0.1) is 23.3 Å². The first kappa shape index (κ1) is 22.1. The van der Waals surface area contributed by atoms with Gasteiger partial charge in [0, 0.05) is 13.0 Å². The molecule has 1 N–H and O–H groups in total. The number of nitrogens with one attached hydrogen (secondary N) is 1. The Morgan fingerprint density at radius 1 is 0.939 bits per heavy atom. The number of hydrogen-bond acceptors (Lipinski definition) is 4. The highest BCUT2D eigenvalue weighted by Gasteiger charge is 2.17. The minimum atomic E-state index is -2.91. The molecule has 4 aromatic rings. The van der Waals surface area contributed by atoms with Gasteiger partial charge in [-0.15, -0.1) is 0 Å². The van der Waals surface area contributed by atoms with Crippen LogP contribution < -0.4 is 15.6 Å². The summed E-state index contributed by atoms with van der Waals surface area (Å²) in [6.45, 7) is -2.74. The third kappa shape index (κ3) is 5.41. The Bertz CT molecular complexity index is 1290. The Kier molecular flexibility index (Phi) is 6.73. The highest BCUT2D eigenvalue weighted by molar-refractivity contribution is 5.78. The third-order valence-electron chi connectivity index (χ3n) is 5.19. The zero-order valence-corrected chi connectivity index (χ0v) is 17.5. The Balaban J connectivity index is 1.50. The van der Waals surface area contributed by atoms with E-state index in [-0.39, 0.29) is 30.2 Å². The van der Waals surface area contributed by atoms with E-state index in [9.17, 15) is 18.4 Å². The largest absolute Gasteiger partial charge is 0.435 e. The number of aromatic nitrogens is 2. The summed E-state index contributed by atoms with van der Waals surface area (Å²) in [5, 5.41) is 3.47. The molecular formula is C25H21F2N3O3. The number of ether oxygens (including phenoxy) is 1. The van der Waals surface area contributed by atoms with E-state index < -0.39 is 12.7 Å². The molecule has 0 saturated carbocycles. The molecule has 0 bridgehead atoms. The molecule has 33 heavy (non-hydrogen) atoms. The van der Waals surface area contributed by atoms with E-state index in [0.29, 0.717) is 16.5 Å². The lowest BCUT2D eigenvalue weighted by atomic mass is 9.98. The molecule has 3 aromatic carbocycles. The molecule has 0 aliphatic rings. The summed E-state index contributed by atoms with van der Waals surface area (Å²) in [5.41, 5.74) is 1.94. The molecule has 168 valence electrons. The molecule has 0 aliphatic heterocycles. The average Bonchev–Trinajstić information content (AvgIpc) is 2.83. The monoisotopic (exact) mass is 449 g/mol. The van der Waals surface area contributed by atoms with Crippen LogP contribution >= 0.6 is 0 Å². The molecule has 6 nitrogen and oxygen atoms in total. The minimum absolute atomic E-state index is 0.0371. The van der Waals surface area contributed by atoms with Crippen molar-refractivity contribution in [2.24, 2.45) is 0 Å². The van der Waals surface area contributed by atoms with Gasteiger partial charge < -0.3 is 10.1 Å². The number of rotatable bonds is 8. The van der Waals surface area contributed by atoms with Gasteiger partial charge in [-0.2, -0.15) is 8.78 Å². The SMILES string of the molecule is O=C(CCn1cnc2ccccc2c1=O)NC(c1ccccc1)c1ccc(OC(F)F)cc1. The molecule has 1 heterocycles. The second-order valence-electron chi connectivity index (χ2n) is 7.37. The summed E-state index contributed by atoms with van der Waals surface area (Å²) in [4.78, 5) is 29.7. The summed E-state index contributed by atoms with van der Waals surface area (Å²) in [7, 11) is 0. The summed E-state index contributed by atoms with van der Waals surface area (Å²) in [5.74, 6) is -0.230. The first-order valence-corrected chi connectivity index (χ1v) is 10.3. The van der Waals surface area contributed by atoms with Crippen LogP contribution in [0, 0.1) is 0 Å². The molecule has 8 heteroatoms. The topological polar surface area (TPSA) is 73.2 Å². The molecule has 0 fully saturated rings. The lowest BCUT2D eigenvalue weighted by molar-refractivity contribution is -0.121. The van der Waals surface area contributed by atoms with Crippen LogP contribution in [-0.4, -0.2) is 22.1 Å². The Labute approximate surface area is 188 Å². The Morgan fingerprint density at radius 3 is 2.33 bits per heavy atom. The normalized spacial score (nSPS) is 12.0. The number of benzene rings is 3. The van der Waals surface area contributed by atoms with Gasteiger partial charge in [0.1, 0.15) is 5.75 Å². The molecule has 1 aromatic heterocycles. The standard InChI is InChI=1S/C25H21F2N3O3/c26-25(27)33-19-12-10-18(11-13-19)23(17-6-2-1-3-7-17)29-22(31)14-15-30-16-28-21-9-5-4-8-20(21)24(30)32/h1-13,16,23,25H,14-15H2,(H,29,31). The number of hydrogen-bond donors (Lipinski definition) is 1. The van der Waals surface area contributed by atoms with Crippen molar-refractivity contribution in [2.45, 2.75) is 25.6 Å². The Hall–Kier alpha value is -4.07. The number of carbonyl (C=O) groups excluding carboxylic acids is 1. The second-order valence-corrected chi connectivity index (χ2v) is 7.37. The number of amides is 1. The summed E-state index contributed by atoms with van der Waals surface area (Å²) >= 11 is 0. The van der Waals surface area contributed by atoms with Gasteiger partial charge >= 0.3 is 6.61 Å². The van der Waals surface area contributed by atoms with Crippen molar-refractivity contribution in [3.05, 3.63) is 107 Å². The van der Waals surface area contributed by atoms with E-state index in [1.165, 1.54) is 23.0 Å². The number of aryl methyl sites for hydroxylation is 1. The fourth-order valence-electron chi connectivity index (χ4n) is 3.57. The fraction of sp³-hybridized carbons (Fsp3) is 0.160. The summed E-state index contributed by atoms with van der Waals surface area (Å²) < 4.78 is 30.7. The van der Waals surface area contributed by atoms with Gasteiger partial charge in [0.15, 0.2) is 0 Å². The molecule has 1 amide bonds. The summed E-state index contributed by atoms with van der Waals surface area (Å²) in [6.07, 6.45) is 1.50. The predicted octanol–water partition coefficient (Wildman–Crippen LogP) is 4.29. The van der Waals surface area contributed by atoms with Crippen LogP contribution in [0.2, 0.25) is 0 Å². The van der Waals surface area contributed by atoms with Gasteiger partial charge in [0.2, 0.25) is 5.91 Å². The van der Waals surface area contributed by atoms with E-state index in [0.717, 1.165) is 5.56 Å². The van der Waals surface area contributed by atoms with E-state index in [4.69, 9.17) is 0 Å². The molecular weight excluding hydrogens is 428 g/mol. The Morgan fingerprint density at radius 2 is 1.61 bits per heavy atom. The zero-order chi connectivity index (χ0) is 23.2. The molecule has 0 radical (unpaired) electrons. The highest BCUT2D eigenvalue weighted by Crippen LogP contribution is 2.25. The first-order valence-electron chi connectivity index (χ1n) is 10.3.